The van der Waals surface area contributed by atoms with Crippen molar-refractivity contribution in [3.63, 3.8) is 0 Å². The Labute approximate surface area is 205 Å². The predicted molar refractivity (Wildman–Crippen MR) is 138 cm³/mol. The van der Waals surface area contributed by atoms with Crippen LogP contribution < -0.4 is 14.9 Å². The van der Waals surface area contributed by atoms with Gasteiger partial charge in [-0.05, 0) is 57.2 Å². The summed E-state index contributed by atoms with van der Waals surface area (Å²) in [4.78, 5) is 15.5. The van der Waals surface area contributed by atoms with Crippen molar-refractivity contribution >= 4 is 33.0 Å². The average Bonchev–Trinajstić information content (AvgIpc) is 3.27. The van der Waals surface area contributed by atoms with Gasteiger partial charge in [-0.25, -0.2) is 23.4 Å². The molecule has 0 spiro atoms. The van der Waals surface area contributed by atoms with Gasteiger partial charge >= 0.3 is 0 Å². The van der Waals surface area contributed by atoms with E-state index in [-0.39, 0.29) is 4.90 Å². The van der Waals surface area contributed by atoms with Gasteiger partial charge < -0.3 is 14.6 Å². The number of anilines is 4. The molecule has 0 radical (unpaired) electrons. The molecular weight excluding hydrogens is 464 g/mol. The first kappa shape index (κ1) is 24.2. The van der Waals surface area contributed by atoms with Crippen LogP contribution in [-0.4, -0.2) is 36.5 Å². The number of hydrogen-bond donors (Lipinski definition) is 2. The standard InChI is InChI=1S/C25H28N6O3S/c1-5-31(6-2)25-15-24(26-17(3)27-25)29-20-9-11-21(12-10-20)30-35(32,33)22-13-7-19(8-14-22)23-16-34-18(4)28-23/h7-16,30H,5-6H2,1-4H3,(H,26,27,29). The van der Waals surface area contributed by atoms with E-state index in [0.717, 1.165) is 30.2 Å². The monoisotopic (exact) mass is 492 g/mol. The molecule has 10 heteroatoms. The Balaban J connectivity index is 1.45. The Morgan fingerprint density at radius 2 is 1.54 bits per heavy atom. The molecule has 0 unspecified atom stereocenters. The van der Waals surface area contributed by atoms with Crippen LogP contribution in [0.5, 0.6) is 0 Å². The molecule has 0 aliphatic rings. The highest BCUT2D eigenvalue weighted by atomic mass is 32.2. The molecule has 0 saturated heterocycles. The van der Waals surface area contributed by atoms with Gasteiger partial charge in [-0.2, -0.15) is 0 Å². The van der Waals surface area contributed by atoms with E-state index < -0.39 is 10.0 Å². The molecule has 4 rings (SSSR count). The maximum absolute atomic E-state index is 12.8. The van der Waals surface area contributed by atoms with Gasteiger partial charge in [0.05, 0.1) is 4.90 Å². The lowest BCUT2D eigenvalue weighted by Gasteiger charge is -2.20. The van der Waals surface area contributed by atoms with E-state index >= 15 is 0 Å². The van der Waals surface area contributed by atoms with Crippen LogP contribution in [0.15, 0.2) is 70.2 Å². The number of aryl methyl sites for hydroxylation is 2. The van der Waals surface area contributed by atoms with Crippen molar-refractivity contribution in [3.05, 3.63) is 72.6 Å². The summed E-state index contributed by atoms with van der Waals surface area (Å²) in [6.07, 6.45) is 1.54. The topological polar surface area (TPSA) is 113 Å². The molecule has 0 amide bonds. The van der Waals surface area contributed by atoms with E-state index in [2.05, 4.69) is 43.7 Å². The summed E-state index contributed by atoms with van der Waals surface area (Å²) >= 11 is 0. The molecule has 0 atom stereocenters. The highest BCUT2D eigenvalue weighted by Gasteiger charge is 2.15. The van der Waals surface area contributed by atoms with Crippen molar-refractivity contribution in [2.24, 2.45) is 0 Å². The summed E-state index contributed by atoms with van der Waals surface area (Å²) < 4.78 is 33.5. The second-order valence-corrected chi connectivity index (χ2v) is 9.60. The van der Waals surface area contributed by atoms with Crippen molar-refractivity contribution in [1.82, 2.24) is 15.0 Å². The van der Waals surface area contributed by atoms with E-state index in [1.54, 1.807) is 61.7 Å². The number of hydrogen-bond acceptors (Lipinski definition) is 8. The van der Waals surface area contributed by atoms with Gasteiger partial charge in [-0.15, -0.1) is 0 Å². The first-order chi connectivity index (χ1) is 16.8. The highest BCUT2D eigenvalue weighted by molar-refractivity contribution is 7.92. The third-order valence-corrected chi connectivity index (χ3v) is 6.80. The minimum Gasteiger partial charge on any atom is -0.449 e. The Morgan fingerprint density at radius 3 is 2.14 bits per heavy atom. The van der Waals surface area contributed by atoms with Crippen LogP contribution in [0.4, 0.5) is 23.0 Å². The largest absolute Gasteiger partial charge is 0.449 e. The van der Waals surface area contributed by atoms with Gasteiger partial charge in [0.1, 0.15) is 29.4 Å². The lowest BCUT2D eigenvalue weighted by atomic mass is 10.2. The third-order valence-electron chi connectivity index (χ3n) is 5.40. The molecule has 0 bridgehead atoms. The summed E-state index contributed by atoms with van der Waals surface area (Å²) in [5.41, 5.74) is 2.67. The van der Waals surface area contributed by atoms with Gasteiger partial charge in [0, 0.05) is 43.0 Å². The first-order valence-corrected chi connectivity index (χ1v) is 12.8. The lowest BCUT2D eigenvalue weighted by Crippen LogP contribution is -2.23. The SMILES string of the molecule is CCN(CC)c1cc(Nc2ccc(NS(=O)(=O)c3ccc(-c4coc(C)n4)cc3)cc2)nc(C)n1. The van der Waals surface area contributed by atoms with Crippen molar-refractivity contribution in [1.29, 1.82) is 0 Å². The second kappa shape index (κ2) is 10.1. The van der Waals surface area contributed by atoms with E-state index in [1.165, 1.54) is 0 Å². The molecule has 2 aromatic heterocycles. The predicted octanol–water partition coefficient (Wildman–Crippen LogP) is 5.14. The first-order valence-electron chi connectivity index (χ1n) is 11.3. The van der Waals surface area contributed by atoms with Gasteiger partial charge in [-0.1, -0.05) is 12.1 Å². The summed E-state index contributed by atoms with van der Waals surface area (Å²) in [7, 11) is -3.75. The summed E-state index contributed by atoms with van der Waals surface area (Å²) in [6.45, 7) is 9.48. The molecule has 0 aliphatic carbocycles. The van der Waals surface area contributed by atoms with Crippen molar-refractivity contribution in [2.45, 2.75) is 32.6 Å². The average molecular weight is 493 g/mol. The second-order valence-electron chi connectivity index (χ2n) is 7.91. The number of oxazole rings is 1. The van der Waals surface area contributed by atoms with Crippen LogP contribution in [0.2, 0.25) is 0 Å². The zero-order valence-corrected chi connectivity index (χ0v) is 20.9. The number of benzene rings is 2. The molecule has 2 N–H and O–H groups in total. The Kier molecular flexibility index (Phi) is 7.02. The number of nitrogens with one attached hydrogen (secondary N) is 2. The van der Waals surface area contributed by atoms with Crippen LogP contribution in [0, 0.1) is 13.8 Å². The fraction of sp³-hybridized carbons (Fsp3) is 0.240. The van der Waals surface area contributed by atoms with Gasteiger partial charge in [-0.3, -0.25) is 4.72 Å². The third kappa shape index (κ3) is 5.78. The zero-order valence-electron chi connectivity index (χ0n) is 20.1. The number of nitrogens with zero attached hydrogens (tertiary/aromatic N) is 4. The van der Waals surface area contributed by atoms with Gasteiger partial charge in [0.15, 0.2) is 5.89 Å². The molecule has 2 aromatic carbocycles. The van der Waals surface area contributed by atoms with E-state index in [9.17, 15) is 8.42 Å². The molecule has 9 nitrogen and oxygen atoms in total. The van der Waals surface area contributed by atoms with Crippen molar-refractivity contribution in [3.8, 4) is 11.3 Å². The van der Waals surface area contributed by atoms with Crippen LogP contribution in [0.1, 0.15) is 25.6 Å². The van der Waals surface area contributed by atoms with Crippen molar-refractivity contribution in [2.75, 3.05) is 28.0 Å². The Bertz CT molecular complexity index is 1400. The molecule has 2 heterocycles. The minimum atomic E-state index is -3.75. The molecule has 4 aromatic rings. The van der Waals surface area contributed by atoms with E-state index in [0.29, 0.717) is 28.9 Å². The molecule has 0 aliphatic heterocycles. The summed E-state index contributed by atoms with van der Waals surface area (Å²) in [5.74, 6) is 2.76. The molecule has 35 heavy (non-hydrogen) atoms. The maximum atomic E-state index is 12.8. The van der Waals surface area contributed by atoms with Crippen LogP contribution in [0.25, 0.3) is 11.3 Å². The maximum Gasteiger partial charge on any atom is 0.261 e. The minimum absolute atomic E-state index is 0.157. The normalized spacial score (nSPS) is 11.3. The fourth-order valence-corrected chi connectivity index (χ4v) is 4.67. The number of rotatable bonds is 9. The Hall–Kier alpha value is -3.92. The molecular formula is C25H28N6O3S. The number of aromatic nitrogens is 3. The quantitative estimate of drug-likeness (QED) is 0.330. The van der Waals surface area contributed by atoms with E-state index in [4.69, 9.17) is 4.42 Å². The molecule has 0 saturated carbocycles. The summed E-state index contributed by atoms with van der Waals surface area (Å²) in [6, 6.07) is 15.4. The van der Waals surface area contributed by atoms with Crippen LogP contribution in [-0.2, 0) is 10.0 Å². The van der Waals surface area contributed by atoms with Crippen LogP contribution in [0.3, 0.4) is 0 Å². The van der Waals surface area contributed by atoms with E-state index in [1.807, 2.05) is 13.0 Å². The number of sulfonamides is 1. The smallest absolute Gasteiger partial charge is 0.261 e. The highest BCUT2D eigenvalue weighted by Crippen LogP contribution is 2.24. The van der Waals surface area contributed by atoms with Crippen LogP contribution >= 0.6 is 0 Å². The molecule has 0 fully saturated rings. The Morgan fingerprint density at radius 1 is 0.886 bits per heavy atom. The molecule has 182 valence electrons. The van der Waals surface area contributed by atoms with Gasteiger partial charge in [0.25, 0.3) is 10.0 Å². The zero-order chi connectivity index (χ0) is 25.0. The fourth-order valence-electron chi connectivity index (χ4n) is 3.61. The summed E-state index contributed by atoms with van der Waals surface area (Å²) in [5, 5.41) is 3.26. The van der Waals surface area contributed by atoms with Gasteiger partial charge in [0.2, 0.25) is 0 Å². The van der Waals surface area contributed by atoms with Crippen molar-refractivity contribution < 1.29 is 12.8 Å². The lowest BCUT2D eigenvalue weighted by molar-refractivity contribution is 0.521.